The van der Waals surface area contributed by atoms with Gasteiger partial charge in [-0.1, -0.05) is 12.1 Å². The molecule has 1 radical (unpaired) electrons. The third kappa shape index (κ3) is 1.24. The summed E-state index contributed by atoms with van der Waals surface area (Å²) in [6.07, 6.45) is 0. The summed E-state index contributed by atoms with van der Waals surface area (Å²) >= 11 is 0. The van der Waals surface area contributed by atoms with E-state index in [0.717, 1.165) is 18.0 Å². The fourth-order valence-corrected chi connectivity index (χ4v) is 1.04. The maximum absolute atomic E-state index is 5.27. The van der Waals surface area contributed by atoms with Crippen LogP contribution < -0.4 is 0 Å². The molecule has 1 aromatic rings. The quantitative estimate of drug-likeness (QED) is 0.584. The lowest BCUT2D eigenvalue weighted by Crippen LogP contribution is -1.99. The molecule has 2 heteroatoms. The average molecular weight is 146 g/mol. The highest BCUT2D eigenvalue weighted by Crippen LogP contribution is 2.05. The minimum atomic E-state index is 0.713. The largest absolute Gasteiger partial charge is 0.476 e. The van der Waals surface area contributed by atoms with E-state index < -0.39 is 0 Å². The first kappa shape index (κ1) is 6.40. The normalized spacial score (nSPS) is 15.8. The van der Waals surface area contributed by atoms with Crippen LogP contribution in [0.4, 0.5) is 0 Å². The van der Waals surface area contributed by atoms with Crippen molar-refractivity contribution in [3.8, 4) is 0 Å². The molecule has 0 N–H and O–H groups in total. The Morgan fingerprint density at radius 1 is 1.55 bits per heavy atom. The van der Waals surface area contributed by atoms with Gasteiger partial charge in [-0.25, -0.2) is 4.99 Å². The molecule has 0 amide bonds. The molecule has 0 atom stereocenters. The molecular weight excluding hydrogens is 138 g/mol. The molecule has 0 aliphatic carbocycles. The van der Waals surface area contributed by atoms with Crippen LogP contribution in [0.5, 0.6) is 0 Å². The van der Waals surface area contributed by atoms with Crippen molar-refractivity contribution in [1.29, 1.82) is 0 Å². The van der Waals surface area contributed by atoms with E-state index in [9.17, 15) is 0 Å². The van der Waals surface area contributed by atoms with Crippen molar-refractivity contribution in [2.24, 2.45) is 4.99 Å². The van der Waals surface area contributed by atoms with E-state index in [1.807, 2.05) is 24.3 Å². The number of hydrogen-bond acceptors (Lipinski definition) is 2. The first-order valence-corrected chi connectivity index (χ1v) is 3.60. The fraction of sp³-hybridized carbons (Fsp3) is 0.222. The summed E-state index contributed by atoms with van der Waals surface area (Å²) in [5.41, 5.74) is 1.02. The van der Waals surface area contributed by atoms with Crippen LogP contribution in [0.25, 0.3) is 0 Å². The van der Waals surface area contributed by atoms with Gasteiger partial charge in [-0.15, -0.1) is 0 Å². The Hall–Kier alpha value is -1.31. The number of hydrogen-bond donors (Lipinski definition) is 0. The predicted octanol–water partition coefficient (Wildman–Crippen LogP) is 1.26. The van der Waals surface area contributed by atoms with Gasteiger partial charge in [0, 0.05) is 5.56 Å². The van der Waals surface area contributed by atoms with Crippen LogP contribution in [0.3, 0.4) is 0 Å². The molecule has 1 heterocycles. The number of rotatable bonds is 1. The Kier molecular flexibility index (Phi) is 1.60. The van der Waals surface area contributed by atoms with Crippen LogP contribution in [0, 0.1) is 6.07 Å². The number of ether oxygens (including phenoxy) is 1. The van der Waals surface area contributed by atoms with Gasteiger partial charge in [-0.05, 0) is 18.2 Å². The van der Waals surface area contributed by atoms with Gasteiger partial charge in [0.2, 0.25) is 5.90 Å². The van der Waals surface area contributed by atoms with Gasteiger partial charge in [-0.2, -0.15) is 0 Å². The second-order valence-corrected chi connectivity index (χ2v) is 2.33. The molecule has 2 rings (SSSR count). The third-order valence-corrected chi connectivity index (χ3v) is 1.54. The summed E-state index contributed by atoms with van der Waals surface area (Å²) in [6, 6.07) is 10.6. The van der Waals surface area contributed by atoms with Crippen LogP contribution in [-0.2, 0) is 4.74 Å². The second kappa shape index (κ2) is 2.74. The lowest BCUT2D eigenvalue weighted by Gasteiger charge is -1.98. The highest BCUT2D eigenvalue weighted by molar-refractivity contribution is 5.94. The van der Waals surface area contributed by atoms with Crippen LogP contribution >= 0.6 is 0 Å². The Balaban J connectivity index is 2.29. The molecule has 1 aliphatic rings. The van der Waals surface area contributed by atoms with Crippen molar-refractivity contribution in [1.82, 2.24) is 0 Å². The van der Waals surface area contributed by atoms with Crippen molar-refractivity contribution in [3.05, 3.63) is 35.9 Å². The molecule has 0 bridgehead atoms. The minimum absolute atomic E-state index is 0.713. The van der Waals surface area contributed by atoms with E-state index in [4.69, 9.17) is 4.74 Å². The maximum atomic E-state index is 5.27. The number of aliphatic imine (C=N–C) groups is 1. The van der Waals surface area contributed by atoms with Crippen LogP contribution in [0.15, 0.2) is 29.3 Å². The second-order valence-electron chi connectivity index (χ2n) is 2.33. The monoisotopic (exact) mass is 146 g/mol. The first-order chi connectivity index (χ1) is 5.47. The lowest BCUT2D eigenvalue weighted by molar-refractivity contribution is 0.348. The van der Waals surface area contributed by atoms with Crippen LogP contribution in [0.2, 0.25) is 0 Å². The summed E-state index contributed by atoms with van der Waals surface area (Å²) in [7, 11) is 0. The molecule has 1 aromatic carbocycles. The summed E-state index contributed by atoms with van der Waals surface area (Å²) in [5, 5.41) is 0. The Morgan fingerprint density at radius 3 is 3.18 bits per heavy atom. The van der Waals surface area contributed by atoms with Gasteiger partial charge in [0.15, 0.2) is 0 Å². The van der Waals surface area contributed by atoms with Gasteiger partial charge in [0.1, 0.15) is 6.61 Å². The van der Waals surface area contributed by atoms with Crippen LogP contribution in [0.1, 0.15) is 5.56 Å². The molecule has 1 aliphatic heterocycles. The molecular formula is C9H8NO. The molecule has 0 spiro atoms. The zero-order valence-electron chi connectivity index (χ0n) is 6.08. The highest BCUT2D eigenvalue weighted by Gasteiger charge is 2.08. The Morgan fingerprint density at radius 2 is 2.55 bits per heavy atom. The first-order valence-electron chi connectivity index (χ1n) is 3.60. The summed E-state index contributed by atoms with van der Waals surface area (Å²) < 4.78 is 5.27. The van der Waals surface area contributed by atoms with E-state index in [1.54, 1.807) is 0 Å². The van der Waals surface area contributed by atoms with E-state index in [0.29, 0.717) is 6.61 Å². The SMILES string of the molecule is [c]1cccc(C2=NCCO2)c1. The maximum Gasteiger partial charge on any atom is 0.216 e. The minimum Gasteiger partial charge on any atom is -0.476 e. The van der Waals surface area contributed by atoms with Gasteiger partial charge in [-0.3, -0.25) is 0 Å². The fourth-order valence-electron chi connectivity index (χ4n) is 1.04. The van der Waals surface area contributed by atoms with Crippen molar-refractivity contribution < 1.29 is 4.74 Å². The third-order valence-electron chi connectivity index (χ3n) is 1.54. The van der Waals surface area contributed by atoms with Gasteiger partial charge in [0.25, 0.3) is 0 Å². The van der Waals surface area contributed by atoms with E-state index >= 15 is 0 Å². The number of benzene rings is 1. The Labute approximate surface area is 65.5 Å². The highest BCUT2D eigenvalue weighted by atomic mass is 16.5. The van der Waals surface area contributed by atoms with Crippen LogP contribution in [-0.4, -0.2) is 19.0 Å². The summed E-state index contributed by atoms with van der Waals surface area (Å²) in [4.78, 5) is 4.18. The smallest absolute Gasteiger partial charge is 0.216 e. The number of nitrogens with zero attached hydrogens (tertiary/aromatic N) is 1. The van der Waals surface area contributed by atoms with Crippen molar-refractivity contribution >= 4 is 5.90 Å². The molecule has 55 valence electrons. The molecule has 0 fully saturated rings. The lowest BCUT2D eigenvalue weighted by atomic mass is 10.2. The van der Waals surface area contributed by atoms with E-state index in [2.05, 4.69) is 11.1 Å². The molecule has 0 saturated carbocycles. The van der Waals surface area contributed by atoms with Gasteiger partial charge < -0.3 is 4.74 Å². The molecule has 2 nitrogen and oxygen atoms in total. The van der Waals surface area contributed by atoms with Crippen molar-refractivity contribution in [2.75, 3.05) is 13.2 Å². The standard InChI is InChI=1S/C9H8NO/c1-2-4-8(5-3-1)9-10-6-7-11-9/h1-2,4-5H,6-7H2. The zero-order chi connectivity index (χ0) is 7.52. The summed E-state index contributed by atoms with van der Waals surface area (Å²) in [6.45, 7) is 1.49. The molecule has 0 aromatic heterocycles. The Bertz CT molecular complexity index is 266. The predicted molar refractivity (Wildman–Crippen MR) is 42.6 cm³/mol. The zero-order valence-corrected chi connectivity index (χ0v) is 6.08. The van der Waals surface area contributed by atoms with E-state index in [1.165, 1.54) is 0 Å². The van der Waals surface area contributed by atoms with Crippen molar-refractivity contribution in [2.45, 2.75) is 0 Å². The molecule has 11 heavy (non-hydrogen) atoms. The van der Waals surface area contributed by atoms with Gasteiger partial charge >= 0.3 is 0 Å². The topological polar surface area (TPSA) is 21.6 Å². The van der Waals surface area contributed by atoms with Gasteiger partial charge in [0.05, 0.1) is 6.54 Å². The molecule has 0 unspecified atom stereocenters. The van der Waals surface area contributed by atoms with E-state index in [-0.39, 0.29) is 0 Å². The summed E-state index contributed by atoms with van der Waals surface area (Å²) in [5.74, 6) is 0.752. The molecule has 0 saturated heterocycles. The average Bonchev–Trinajstić information content (AvgIpc) is 2.58. The van der Waals surface area contributed by atoms with Crippen molar-refractivity contribution in [3.63, 3.8) is 0 Å².